The molecule has 1 aliphatic heterocycles. The van der Waals surface area contributed by atoms with E-state index in [4.69, 9.17) is 0 Å². The molecule has 0 saturated carbocycles. The van der Waals surface area contributed by atoms with Crippen LogP contribution in [0.1, 0.15) is 17.2 Å². The molecular formula is C15H15BrF2N2S. The standard InChI is InChI=1S/C15H15BrF2N2S/c16-11-7-12(17)14(13(18)8-11)15(10-1-6-21-9-10)20-4-2-19-3-5-20/h1,6-9,15,19H,2-5H2/t15-/m0/s1. The first-order valence-corrected chi connectivity index (χ1v) is 8.51. The Balaban J connectivity index is 2.07. The Hall–Kier alpha value is -0.820. The lowest BCUT2D eigenvalue weighted by molar-refractivity contribution is 0.192. The van der Waals surface area contributed by atoms with Crippen molar-refractivity contribution in [2.45, 2.75) is 6.04 Å². The van der Waals surface area contributed by atoms with Crippen LogP contribution < -0.4 is 5.32 Å². The summed E-state index contributed by atoms with van der Waals surface area (Å²) in [5, 5.41) is 7.18. The van der Waals surface area contributed by atoms with Gasteiger partial charge in [-0.2, -0.15) is 11.3 Å². The molecule has 0 bridgehead atoms. The Kier molecular flexibility index (Phi) is 4.69. The van der Waals surface area contributed by atoms with E-state index < -0.39 is 11.6 Å². The van der Waals surface area contributed by atoms with Gasteiger partial charge in [-0.1, -0.05) is 15.9 Å². The fourth-order valence-electron chi connectivity index (χ4n) is 2.75. The quantitative estimate of drug-likeness (QED) is 0.881. The van der Waals surface area contributed by atoms with E-state index >= 15 is 0 Å². The molecule has 0 unspecified atom stereocenters. The lowest BCUT2D eigenvalue weighted by Crippen LogP contribution is -2.45. The van der Waals surface area contributed by atoms with Crippen LogP contribution in [0.25, 0.3) is 0 Å². The molecule has 1 atom stereocenters. The van der Waals surface area contributed by atoms with Crippen LogP contribution in [0.3, 0.4) is 0 Å². The van der Waals surface area contributed by atoms with E-state index in [0.29, 0.717) is 4.47 Å². The zero-order chi connectivity index (χ0) is 14.8. The molecule has 1 aliphatic rings. The van der Waals surface area contributed by atoms with Gasteiger partial charge in [0.1, 0.15) is 11.6 Å². The first-order valence-electron chi connectivity index (χ1n) is 6.78. The zero-order valence-corrected chi connectivity index (χ0v) is 13.7. The lowest BCUT2D eigenvalue weighted by Gasteiger charge is -2.35. The van der Waals surface area contributed by atoms with Crippen LogP contribution in [-0.2, 0) is 0 Å². The first-order chi connectivity index (χ1) is 10.2. The number of hydrogen-bond donors (Lipinski definition) is 1. The Labute approximate surface area is 134 Å². The third kappa shape index (κ3) is 3.18. The number of hydrogen-bond acceptors (Lipinski definition) is 3. The minimum absolute atomic E-state index is 0.138. The highest BCUT2D eigenvalue weighted by molar-refractivity contribution is 9.10. The Morgan fingerprint density at radius 3 is 2.43 bits per heavy atom. The van der Waals surface area contributed by atoms with Crippen molar-refractivity contribution >= 4 is 27.3 Å². The van der Waals surface area contributed by atoms with Crippen molar-refractivity contribution < 1.29 is 8.78 Å². The molecule has 6 heteroatoms. The van der Waals surface area contributed by atoms with Crippen LogP contribution in [0.2, 0.25) is 0 Å². The first kappa shape index (κ1) is 15.1. The molecule has 1 aromatic heterocycles. The predicted molar refractivity (Wildman–Crippen MR) is 84.7 cm³/mol. The molecule has 0 radical (unpaired) electrons. The van der Waals surface area contributed by atoms with Crippen LogP contribution in [-0.4, -0.2) is 31.1 Å². The second-order valence-electron chi connectivity index (χ2n) is 5.03. The molecular weight excluding hydrogens is 358 g/mol. The van der Waals surface area contributed by atoms with E-state index in [1.165, 1.54) is 12.1 Å². The molecule has 1 fully saturated rings. The molecule has 0 spiro atoms. The third-order valence-corrected chi connectivity index (χ3v) is 4.85. The van der Waals surface area contributed by atoms with Crippen molar-refractivity contribution in [1.82, 2.24) is 10.2 Å². The summed E-state index contributed by atoms with van der Waals surface area (Å²) < 4.78 is 29.2. The van der Waals surface area contributed by atoms with Crippen molar-refractivity contribution in [3.63, 3.8) is 0 Å². The van der Waals surface area contributed by atoms with Gasteiger partial charge in [-0.15, -0.1) is 0 Å². The predicted octanol–water partition coefficient (Wildman–Crippen LogP) is 3.78. The average Bonchev–Trinajstić information content (AvgIpc) is 2.97. The van der Waals surface area contributed by atoms with Gasteiger partial charge in [0.15, 0.2) is 0 Å². The lowest BCUT2D eigenvalue weighted by atomic mass is 9.97. The van der Waals surface area contributed by atoms with E-state index in [2.05, 4.69) is 26.1 Å². The third-order valence-electron chi connectivity index (χ3n) is 3.69. The molecule has 1 saturated heterocycles. The minimum atomic E-state index is -0.503. The van der Waals surface area contributed by atoms with Gasteiger partial charge in [-0.3, -0.25) is 4.90 Å². The van der Waals surface area contributed by atoms with Gasteiger partial charge in [-0.05, 0) is 34.5 Å². The maximum Gasteiger partial charge on any atom is 0.132 e. The smallest absolute Gasteiger partial charge is 0.132 e. The average molecular weight is 373 g/mol. The number of thiophene rings is 1. The number of piperazine rings is 1. The van der Waals surface area contributed by atoms with E-state index in [9.17, 15) is 8.78 Å². The molecule has 0 aliphatic carbocycles. The van der Waals surface area contributed by atoms with Crippen molar-refractivity contribution in [2.75, 3.05) is 26.2 Å². The molecule has 21 heavy (non-hydrogen) atoms. The van der Waals surface area contributed by atoms with Crippen LogP contribution in [0.5, 0.6) is 0 Å². The zero-order valence-electron chi connectivity index (χ0n) is 11.3. The molecule has 2 aromatic rings. The van der Waals surface area contributed by atoms with Crippen molar-refractivity contribution in [3.8, 4) is 0 Å². The summed E-state index contributed by atoms with van der Waals surface area (Å²) >= 11 is 4.68. The number of halogens is 3. The Morgan fingerprint density at radius 2 is 1.86 bits per heavy atom. The highest BCUT2D eigenvalue weighted by Gasteiger charge is 2.29. The van der Waals surface area contributed by atoms with Gasteiger partial charge >= 0.3 is 0 Å². The largest absolute Gasteiger partial charge is 0.314 e. The monoisotopic (exact) mass is 372 g/mol. The fraction of sp³-hybridized carbons (Fsp3) is 0.333. The van der Waals surface area contributed by atoms with Gasteiger partial charge in [0.05, 0.1) is 6.04 Å². The summed E-state index contributed by atoms with van der Waals surface area (Å²) in [4.78, 5) is 2.13. The second kappa shape index (κ2) is 6.52. The van der Waals surface area contributed by atoms with Crippen LogP contribution in [0.15, 0.2) is 33.4 Å². The summed E-state index contributed by atoms with van der Waals surface area (Å²) in [5.41, 5.74) is 1.08. The van der Waals surface area contributed by atoms with Gasteiger partial charge in [-0.25, -0.2) is 8.78 Å². The van der Waals surface area contributed by atoms with E-state index in [1.54, 1.807) is 11.3 Å². The normalized spacial score (nSPS) is 17.9. The molecule has 2 heterocycles. The summed E-state index contributed by atoms with van der Waals surface area (Å²) in [6.07, 6.45) is 0. The maximum absolute atomic E-state index is 14.4. The topological polar surface area (TPSA) is 15.3 Å². The number of nitrogens with zero attached hydrogens (tertiary/aromatic N) is 1. The Bertz CT molecular complexity index is 589. The van der Waals surface area contributed by atoms with Crippen molar-refractivity contribution in [1.29, 1.82) is 0 Å². The van der Waals surface area contributed by atoms with E-state index in [-0.39, 0.29) is 11.6 Å². The van der Waals surface area contributed by atoms with Crippen LogP contribution in [0.4, 0.5) is 8.78 Å². The summed E-state index contributed by atoms with van der Waals surface area (Å²) in [5.74, 6) is -1.01. The van der Waals surface area contributed by atoms with Gasteiger partial charge in [0.2, 0.25) is 0 Å². The number of rotatable bonds is 3. The summed E-state index contributed by atoms with van der Waals surface area (Å²) in [6, 6.07) is 4.24. The minimum Gasteiger partial charge on any atom is -0.314 e. The van der Waals surface area contributed by atoms with Crippen molar-refractivity contribution in [3.05, 3.63) is 56.2 Å². The van der Waals surface area contributed by atoms with Crippen molar-refractivity contribution in [2.24, 2.45) is 0 Å². The van der Waals surface area contributed by atoms with Gasteiger partial charge in [0, 0.05) is 36.2 Å². The Morgan fingerprint density at radius 1 is 1.19 bits per heavy atom. The number of benzene rings is 1. The highest BCUT2D eigenvalue weighted by atomic mass is 79.9. The molecule has 1 N–H and O–H groups in total. The fourth-order valence-corrected chi connectivity index (χ4v) is 3.83. The van der Waals surface area contributed by atoms with E-state index in [0.717, 1.165) is 31.7 Å². The molecule has 3 rings (SSSR count). The molecule has 1 aromatic carbocycles. The molecule has 2 nitrogen and oxygen atoms in total. The summed E-state index contributed by atoms with van der Waals surface area (Å²) in [6.45, 7) is 3.21. The number of nitrogens with one attached hydrogen (secondary N) is 1. The van der Waals surface area contributed by atoms with Gasteiger partial charge in [0.25, 0.3) is 0 Å². The maximum atomic E-state index is 14.4. The SMILES string of the molecule is Fc1cc(Br)cc(F)c1[C@H](c1ccsc1)N1CCNCC1. The van der Waals surface area contributed by atoms with Gasteiger partial charge < -0.3 is 5.32 Å². The molecule has 0 amide bonds. The summed E-state index contributed by atoms with van der Waals surface area (Å²) in [7, 11) is 0. The van der Waals surface area contributed by atoms with Crippen LogP contribution >= 0.6 is 27.3 Å². The molecule has 112 valence electrons. The highest BCUT2D eigenvalue weighted by Crippen LogP contribution is 2.35. The van der Waals surface area contributed by atoms with Crippen LogP contribution in [0, 0.1) is 11.6 Å². The second-order valence-corrected chi connectivity index (χ2v) is 6.72. The van der Waals surface area contributed by atoms with E-state index in [1.807, 2.05) is 16.8 Å².